The SMILES string of the molecule is COc1ccc(C2OCCC2CO)cc1. The van der Waals surface area contributed by atoms with Crippen LogP contribution in [0.5, 0.6) is 5.75 Å². The summed E-state index contributed by atoms with van der Waals surface area (Å²) in [6.45, 7) is 0.929. The van der Waals surface area contributed by atoms with Crippen LogP contribution in [-0.4, -0.2) is 25.4 Å². The van der Waals surface area contributed by atoms with Crippen LogP contribution >= 0.6 is 0 Å². The molecule has 1 fully saturated rings. The van der Waals surface area contributed by atoms with Crippen LogP contribution in [0.3, 0.4) is 0 Å². The topological polar surface area (TPSA) is 38.7 Å². The van der Waals surface area contributed by atoms with Crippen molar-refractivity contribution >= 4 is 0 Å². The molecule has 0 amide bonds. The highest BCUT2D eigenvalue weighted by molar-refractivity contribution is 5.29. The first kappa shape index (κ1) is 10.5. The number of rotatable bonds is 3. The Morgan fingerprint density at radius 2 is 2.13 bits per heavy atom. The van der Waals surface area contributed by atoms with Crippen LogP contribution in [0.2, 0.25) is 0 Å². The molecule has 1 heterocycles. The highest BCUT2D eigenvalue weighted by atomic mass is 16.5. The van der Waals surface area contributed by atoms with E-state index in [4.69, 9.17) is 9.47 Å². The van der Waals surface area contributed by atoms with Crippen LogP contribution in [-0.2, 0) is 4.74 Å². The Morgan fingerprint density at radius 3 is 2.73 bits per heavy atom. The van der Waals surface area contributed by atoms with Gasteiger partial charge in [0.1, 0.15) is 5.75 Å². The molecule has 1 aliphatic heterocycles. The predicted octanol–water partition coefficient (Wildman–Crippen LogP) is 1.77. The Labute approximate surface area is 89.6 Å². The number of methoxy groups -OCH3 is 1. The lowest BCUT2D eigenvalue weighted by Crippen LogP contribution is -2.11. The minimum Gasteiger partial charge on any atom is -0.497 e. The molecule has 82 valence electrons. The standard InChI is InChI=1S/C12H16O3/c1-14-11-4-2-9(3-5-11)12-10(8-13)6-7-15-12/h2-5,10,12-13H,6-8H2,1H3. The van der Waals surface area contributed by atoms with E-state index < -0.39 is 0 Å². The molecule has 3 nitrogen and oxygen atoms in total. The van der Waals surface area contributed by atoms with Crippen molar-refractivity contribution in [2.24, 2.45) is 5.92 Å². The van der Waals surface area contributed by atoms with E-state index in [1.54, 1.807) is 7.11 Å². The predicted molar refractivity (Wildman–Crippen MR) is 56.9 cm³/mol. The summed E-state index contributed by atoms with van der Waals surface area (Å²) < 4.78 is 10.7. The zero-order valence-corrected chi connectivity index (χ0v) is 8.85. The lowest BCUT2D eigenvalue weighted by Gasteiger charge is -2.16. The summed E-state index contributed by atoms with van der Waals surface area (Å²) in [4.78, 5) is 0. The Bertz CT molecular complexity index is 307. The number of benzene rings is 1. The smallest absolute Gasteiger partial charge is 0.118 e. The molecule has 2 unspecified atom stereocenters. The molecular formula is C12H16O3. The van der Waals surface area contributed by atoms with Gasteiger partial charge in [-0.3, -0.25) is 0 Å². The van der Waals surface area contributed by atoms with Crippen molar-refractivity contribution < 1.29 is 14.6 Å². The largest absolute Gasteiger partial charge is 0.497 e. The third kappa shape index (κ3) is 2.13. The molecule has 15 heavy (non-hydrogen) atoms. The number of hydrogen-bond acceptors (Lipinski definition) is 3. The molecule has 3 heteroatoms. The number of aliphatic hydroxyl groups excluding tert-OH is 1. The van der Waals surface area contributed by atoms with E-state index in [9.17, 15) is 5.11 Å². The van der Waals surface area contributed by atoms with Crippen molar-refractivity contribution in [3.63, 3.8) is 0 Å². The first-order chi connectivity index (χ1) is 7.35. The first-order valence-electron chi connectivity index (χ1n) is 5.21. The molecule has 0 saturated carbocycles. The highest BCUT2D eigenvalue weighted by Crippen LogP contribution is 2.34. The quantitative estimate of drug-likeness (QED) is 0.822. The van der Waals surface area contributed by atoms with Gasteiger partial charge in [0, 0.05) is 19.1 Å². The van der Waals surface area contributed by atoms with Crippen molar-refractivity contribution in [3.05, 3.63) is 29.8 Å². The number of aliphatic hydroxyl groups is 1. The van der Waals surface area contributed by atoms with Gasteiger partial charge in [-0.05, 0) is 24.1 Å². The number of ether oxygens (including phenoxy) is 2. The Hall–Kier alpha value is -1.06. The third-order valence-electron chi connectivity index (χ3n) is 2.89. The van der Waals surface area contributed by atoms with Crippen LogP contribution in [0.25, 0.3) is 0 Å². The van der Waals surface area contributed by atoms with Gasteiger partial charge >= 0.3 is 0 Å². The summed E-state index contributed by atoms with van der Waals surface area (Å²) in [5, 5.41) is 9.19. The monoisotopic (exact) mass is 208 g/mol. The van der Waals surface area contributed by atoms with Gasteiger partial charge in [-0.25, -0.2) is 0 Å². The van der Waals surface area contributed by atoms with Gasteiger partial charge in [0.2, 0.25) is 0 Å². The van der Waals surface area contributed by atoms with Gasteiger partial charge < -0.3 is 14.6 Å². The maximum atomic E-state index is 9.19. The van der Waals surface area contributed by atoms with Gasteiger partial charge in [-0.2, -0.15) is 0 Å². The molecule has 1 N–H and O–H groups in total. The minimum absolute atomic E-state index is 0.0425. The fourth-order valence-corrected chi connectivity index (χ4v) is 1.98. The van der Waals surface area contributed by atoms with Gasteiger partial charge in [0.15, 0.2) is 0 Å². The summed E-state index contributed by atoms with van der Waals surface area (Å²) in [6, 6.07) is 7.84. The summed E-state index contributed by atoms with van der Waals surface area (Å²) in [6.07, 6.45) is 0.980. The van der Waals surface area contributed by atoms with Crippen molar-refractivity contribution in [2.45, 2.75) is 12.5 Å². The molecule has 1 aliphatic rings. The summed E-state index contributed by atoms with van der Waals surface area (Å²) in [7, 11) is 1.65. The lowest BCUT2D eigenvalue weighted by molar-refractivity contribution is 0.0720. The summed E-state index contributed by atoms with van der Waals surface area (Å²) >= 11 is 0. The van der Waals surface area contributed by atoms with E-state index in [0.717, 1.165) is 24.3 Å². The molecule has 0 aromatic heterocycles. The first-order valence-corrected chi connectivity index (χ1v) is 5.21. The molecule has 0 bridgehead atoms. The van der Waals surface area contributed by atoms with Crippen LogP contribution in [0.15, 0.2) is 24.3 Å². The molecule has 1 saturated heterocycles. The molecule has 2 atom stereocenters. The second-order valence-corrected chi connectivity index (χ2v) is 3.80. The second-order valence-electron chi connectivity index (χ2n) is 3.80. The van der Waals surface area contributed by atoms with Crippen LogP contribution in [0, 0.1) is 5.92 Å². The number of hydrogen-bond donors (Lipinski definition) is 1. The fourth-order valence-electron chi connectivity index (χ4n) is 1.98. The maximum Gasteiger partial charge on any atom is 0.118 e. The van der Waals surface area contributed by atoms with E-state index in [1.807, 2.05) is 24.3 Å². The van der Waals surface area contributed by atoms with Crippen LogP contribution in [0.1, 0.15) is 18.1 Å². The van der Waals surface area contributed by atoms with Crippen LogP contribution in [0.4, 0.5) is 0 Å². The van der Waals surface area contributed by atoms with Crippen molar-refractivity contribution in [3.8, 4) is 5.75 Å². The molecule has 0 spiro atoms. The zero-order chi connectivity index (χ0) is 10.7. The van der Waals surface area contributed by atoms with Gasteiger partial charge in [0.25, 0.3) is 0 Å². The van der Waals surface area contributed by atoms with Crippen LogP contribution < -0.4 is 4.74 Å². The second kappa shape index (κ2) is 4.64. The summed E-state index contributed by atoms with van der Waals surface area (Å²) in [5.41, 5.74) is 1.12. The highest BCUT2D eigenvalue weighted by Gasteiger charge is 2.28. The zero-order valence-electron chi connectivity index (χ0n) is 8.85. The molecule has 0 aliphatic carbocycles. The van der Waals surface area contributed by atoms with Gasteiger partial charge in [0.05, 0.1) is 13.2 Å². The van der Waals surface area contributed by atoms with Crippen molar-refractivity contribution in [1.29, 1.82) is 0 Å². The van der Waals surface area contributed by atoms with E-state index >= 15 is 0 Å². The average Bonchev–Trinajstić information content (AvgIpc) is 2.77. The third-order valence-corrected chi connectivity index (χ3v) is 2.89. The molecule has 1 aromatic rings. The molecule has 0 radical (unpaired) electrons. The van der Waals surface area contributed by atoms with E-state index in [2.05, 4.69) is 0 Å². The van der Waals surface area contributed by atoms with Crippen molar-refractivity contribution in [1.82, 2.24) is 0 Å². The van der Waals surface area contributed by atoms with Gasteiger partial charge in [-0.15, -0.1) is 0 Å². The Balaban J connectivity index is 2.14. The fraction of sp³-hybridized carbons (Fsp3) is 0.500. The summed E-state index contributed by atoms with van der Waals surface area (Å²) in [5.74, 6) is 1.08. The molecular weight excluding hydrogens is 192 g/mol. The van der Waals surface area contributed by atoms with E-state index in [-0.39, 0.29) is 18.6 Å². The average molecular weight is 208 g/mol. The van der Waals surface area contributed by atoms with E-state index in [1.165, 1.54) is 0 Å². The van der Waals surface area contributed by atoms with E-state index in [0.29, 0.717) is 0 Å². The van der Waals surface area contributed by atoms with Gasteiger partial charge in [-0.1, -0.05) is 12.1 Å². The minimum atomic E-state index is 0.0425. The maximum absolute atomic E-state index is 9.19. The Morgan fingerprint density at radius 1 is 1.40 bits per heavy atom. The lowest BCUT2D eigenvalue weighted by atomic mass is 9.96. The van der Waals surface area contributed by atoms with Crippen molar-refractivity contribution in [2.75, 3.05) is 20.3 Å². The molecule has 1 aromatic carbocycles. The Kier molecular flexibility index (Phi) is 3.23. The normalized spacial score (nSPS) is 25.5. The molecule has 2 rings (SSSR count).